The number of hydrogen-bond acceptors (Lipinski definition) is 5. The van der Waals surface area contributed by atoms with Crippen molar-refractivity contribution >= 4 is 35.2 Å². The zero-order chi connectivity index (χ0) is 19.4. The molecule has 0 aliphatic rings. The normalized spacial score (nSPS) is 11.4. The average Bonchev–Trinajstić information content (AvgIpc) is 2.99. The number of aryl methyl sites for hydroxylation is 1. The third-order valence-electron chi connectivity index (χ3n) is 3.99. The number of nitrogens with zero attached hydrogens (tertiary/aromatic N) is 4. The van der Waals surface area contributed by atoms with Crippen molar-refractivity contribution in [1.82, 2.24) is 9.27 Å². The molecule has 1 aromatic heterocycles. The Kier molecular flexibility index (Phi) is 6.63. The predicted molar refractivity (Wildman–Crippen MR) is 108 cm³/mol. The maximum absolute atomic E-state index is 9.43. The highest BCUT2D eigenvalue weighted by atomic mass is 35.5. The molecule has 138 valence electrons. The van der Waals surface area contributed by atoms with Crippen molar-refractivity contribution in [2.45, 2.75) is 46.6 Å². The van der Waals surface area contributed by atoms with Crippen LogP contribution in [0.25, 0.3) is 0 Å². The van der Waals surface area contributed by atoms with Gasteiger partial charge in [-0.1, -0.05) is 25.4 Å². The molecule has 0 atom stereocenters. The maximum atomic E-state index is 9.43. The highest BCUT2D eigenvalue weighted by Crippen LogP contribution is 2.39. The largest absolute Gasteiger partial charge is 0.442 e. The summed E-state index contributed by atoms with van der Waals surface area (Å²) >= 11 is 7.55. The van der Waals surface area contributed by atoms with Gasteiger partial charge in [0, 0.05) is 24.6 Å². The lowest BCUT2D eigenvalue weighted by atomic mass is 10.1. The van der Waals surface area contributed by atoms with Crippen molar-refractivity contribution in [2.75, 3.05) is 7.05 Å². The molecule has 0 aliphatic carbocycles. The van der Waals surface area contributed by atoms with E-state index in [0.29, 0.717) is 27.4 Å². The van der Waals surface area contributed by atoms with Crippen LogP contribution in [0.15, 0.2) is 17.1 Å². The summed E-state index contributed by atoms with van der Waals surface area (Å²) in [4.78, 5) is 6.51. The smallest absolute Gasteiger partial charge is 0.218 e. The lowest BCUT2D eigenvalue weighted by Gasteiger charge is -2.17. The summed E-state index contributed by atoms with van der Waals surface area (Å²) in [5.41, 5.74) is 2.94. The Bertz CT molecular complexity index is 852. The van der Waals surface area contributed by atoms with Gasteiger partial charge in [-0.3, -0.25) is 0 Å². The molecule has 0 saturated carbocycles. The number of hydrogen-bond donors (Lipinski definition) is 0. The van der Waals surface area contributed by atoms with Crippen LogP contribution in [-0.4, -0.2) is 28.7 Å². The van der Waals surface area contributed by atoms with Crippen molar-refractivity contribution in [3.8, 4) is 16.9 Å². The molecule has 7 heteroatoms. The van der Waals surface area contributed by atoms with Gasteiger partial charge < -0.3 is 9.64 Å². The summed E-state index contributed by atoms with van der Waals surface area (Å²) in [6.45, 7) is 10.1. The topological polar surface area (TPSA) is 61.5 Å². The van der Waals surface area contributed by atoms with Gasteiger partial charge in [-0.25, -0.2) is 4.99 Å². The minimum atomic E-state index is 0.158. The monoisotopic (exact) mass is 390 g/mol. The first-order chi connectivity index (χ1) is 12.2. The molecule has 0 unspecified atom stereocenters. The molecule has 5 nitrogen and oxygen atoms in total. The van der Waals surface area contributed by atoms with Crippen LogP contribution in [0.3, 0.4) is 0 Å². The van der Waals surface area contributed by atoms with Crippen LogP contribution in [0.2, 0.25) is 5.02 Å². The van der Waals surface area contributed by atoms with Gasteiger partial charge in [0.05, 0.1) is 22.7 Å². The zero-order valence-electron chi connectivity index (χ0n) is 15.9. The van der Waals surface area contributed by atoms with Gasteiger partial charge in [0.1, 0.15) is 17.4 Å². The van der Waals surface area contributed by atoms with Crippen LogP contribution in [0.1, 0.15) is 50.4 Å². The first-order valence-corrected chi connectivity index (χ1v) is 9.53. The quantitative estimate of drug-likeness (QED) is 0.455. The lowest BCUT2D eigenvalue weighted by molar-refractivity contribution is 0.429. The third kappa shape index (κ3) is 4.54. The summed E-state index contributed by atoms with van der Waals surface area (Å²) < 4.78 is 10.2. The van der Waals surface area contributed by atoms with Crippen LogP contribution in [-0.2, 0) is 0 Å². The number of rotatable bonds is 6. The number of ether oxygens (including phenoxy) is 1. The second kappa shape index (κ2) is 8.52. The molecule has 0 fully saturated rings. The Hall–Kier alpha value is -2.10. The molecule has 1 heterocycles. The number of halogens is 1. The Labute approximate surface area is 164 Å². The molecule has 26 heavy (non-hydrogen) atoms. The molecule has 0 saturated heterocycles. The van der Waals surface area contributed by atoms with Crippen molar-refractivity contribution in [2.24, 2.45) is 4.99 Å². The third-order valence-corrected chi connectivity index (χ3v) is 5.03. The molecule has 0 spiro atoms. The molecule has 0 amide bonds. The highest BCUT2D eigenvalue weighted by Gasteiger charge is 2.19. The second-order valence-electron chi connectivity index (χ2n) is 6.67. The van der Waals surface area contributed by atoms with Gasteiger partial charge >= 0.3 is 0 Å². The minimum absolute atomic E-state index is 0.158. The van der Waals surface area contributed by atoms with Crippen LogP contribution in [0.5, 0.6) is 10.8 Å². The van der Waals surface area contributed by atoms with Gasteiger partial charge in [-0.2, -0.15) is 9.64 Å². The number of benzene rings is 1. The summed E-state index contributed by atoms with van der Waals surface area (Å²) in [5.74, 6) is 0.654. The summed E-state index contributed by atoms with van der Waals surface area (Å²) in [7, 11) is 1.97. The van der Waals surface area contributed by atoms with Crippen molar-refractivity contribution in [1.29, 1.82) is 5.26 Å². The SMILES string of the molecule is Cc1cc(Oc2snc(C(C)C)c2C#N)c(Cl)cc1N=CN(C)C(C)C. The van der Waals surface area contributed by atoms with Crippen molar-refractivity contribution in [3.05, 3.63) is 34.0 Å². The standard InChI is InChI=1S/C19H23ClN4OS/c1-11(2)18-14(9-21)19(26-23-18)25-17-7-13(5)16(8-15(17)20)22-10-24(6)12(3)4/h7-8,10-12H,1-6H3. The summed E-state index contributed by atoms with van der Waals surface area (Å²) in [6, 6.07) is 6.15. The molecule has 1 aromatic carbocycles. The summed E-state index contributed by atoms with van der Waals surface area (Å²) in [5, 5.41) is 10.3. The molecule has 0 radical (unpaired) electrons. The van der Waals surface area contributed by atoms with Crippen molar-refractivity contribution in [3.63, 3.8) is 0 Å². The van der Waals surface area contributed by atoms with Gasteiger partial charge in [0.2, 0.25) is 5.06 Å². The van der Waals surface area contributed by atoms with E-state index in [2.05, 4.69) is 29.3 Å². The van der Waals surface area contributed by atoms with E-state index in [1.807, 2.05) is 38.8 Å². The van der Waals surface area contributed by atoms with Crippen LogP contribution in [0.4, 0.5) is 5.69 Å². The Morgan fingerprint density at radius 3 is 2.62 bits per heavy atom. The van der Waals surface area contributed by atoms with Crippen LogP contribution in [0, 0.1) is 18.3 Å². The van der Waals surface area contributed by atoms with Gasteiger partial charge in [0.15, 0.2) is 0 Å². The molecule has 2 aromatic rings. The first-order valence-electron chi connectivity index (χ1n) is 8.38. The van der Waals surface area contributed by atoms with Gasteiger partial charge in [0.25, 0.3) is 0 Å². The molecular formula is C19H23ClN4OS. The molecule has 2 rings (SSSR count). The average molecular weight is 391 g/mol. The minimum Gasteiger partial charge on any atom is -0.442 e. The lowest BCUT2D eigenvalue weighted by Crippen LogP contribution is -2.24. The fourth-order valence-electron chi connectivity index (χ4n) is 2.10. The first kappa shape index (κ1) is 20.2. The number of aromatic nitrogens is 1. The molecule has 0 N–H and O–H groups in total. The van der Waals surface area contributed by atoms with E-state index in [9.17, 15) is 5.26 Å². The Morgan fingerprint density at radius 1 is 1.35 bits per heavy atom. The molecule has 0 aliphatic heterocycles. The van der Waals surface area contributed by atoms with E-state index >= 15 is 0 Å². The van der Waals surface area contributed by atoms with E-state index in [0.717, 1.165) is 16.9 Å². The molecule has 0 bridgehead atoms. The van der Waals surface area contributed by atoms with E-state index in [-0.39, 0.29) is 5.92 Å². The maximum Gasteiger partial charge on any atom is 0.218 e. The fraction of sp³-hybridized carbons (Fsp3) is 0.421. The predicted octanol–water partition coefficient (Wildman–Crippen LogP) is 5.89. The van der Waals surface area contributed by atoms with E-state index in [4.69, 9.17) is 16.3 Å². The van der Waals surface area contributed by atoms with E-state index in [1.54, 1.807) is 12.4 Å². The van der Waals surface area contributed by atoms with Crippen molar-refractivity contribution < 1.29 is 4.74 Å². The number of nitriles is 1. The van der Waals surface area contributed by atoms with Gasteiger partial charge in [-0.05, 0) is 44.4 Å². The van der Waals surface area contributed by atoms with E-state index in [1.165, 1.54) is 11.5 Å². The van der Waals surface area contributed by atoms with E-state index < -0.39 is 0 Å². The van der Waals surface area contributed by atoms with Crippen LogP contribution >= 0.6 is 23.1 Å². The zero-order valence-corrected chi connectivity index (χ0v) is 17.4. The Balaban J connectivity index is 2.30. The van der Waals surface area contributed by atoms with Gasteiger partial charge in [-0.15, -0.1) is 0 Å². The Morgan fingerprint density at radius 2 is 2.04 bits per heavy atom. The fourth-order valence-corrected chi connectivity index (χ4v) is 3.15. The molecular weight excluding hydrogens is 368 g/mol. The van der Waals surface area contributed by atoms with Crippen LogP contribution < -0.4 is 4.74 Å². The summed E-state index contributed by atoms with van der Waals surface area (Å²) in [6.07, 6.45) is 1.79. The second-order valence-corrected chi connectivity index (χ2v) is 7.81. The highest BCUT2D eigenvalue weighted by molar-refractivity contribution is 7.08. The number of aliphatic imine (C=N–C) groups is 1.